The molecule has 0 bridgehead atoms. The van der Waals surface area contributed by atoms with E-state index in [1.165, 1.54) is 36.4 Å². The molecule has 0 fully saturated rings. The molecule has 0 saturated carbocycles. The second kappa shape index (κ2) is 7.96. The highest BCUT2D eigenvalue weighted by Crippen LogP contribution is 2.17. The Morgan fingerprint density at radius 2 is 1.70 bits per heavy atom. The first-order chi connectivity index (χ1) is 12.9. The highest BCUT2D eigenvalue weighted by Gasteiger charge is 2.15. The van der Waals surface area contributed by atoms with Crippen LogP contribution in [0.3, 0.4) is 0 Å². The van der Waals surface area contributed by atoms with Crippen LogP contribution in [0, 0.1) is 5.82 Å². The largest absolute Gasteiger partial charge is 0.348 e. The van der Waals surface area contributed by atoms with Gasteiger partial charge in [0, 0.05) is 30.2 Å². The molecule has 8 heteroatoms. The highest BCUT2D eigenvalue weighted by atomic mass is 32.2. The Hall–Kier alpha value is -3.26. The van der Waals surface area contributed by atoms with E-state index >= 15 is 0 Å². The molecular weight excluding hydrogens is 369 g/mol. The Morgan fingerprint density at radius 3 is 2.33 bits per heavy atom. The van der Waals surface area contributed by atoms with Gasteiger partial charge in [-0.25, -0.2) is 12.8 Å². The zero-order chi connectivity index (χ0) is 19.3. The lowest BCUT2D eigenvalue weighted by atomic mass is 10.2. The fraction of sp³-hybridized carbons (Fsp3) is 0.0526. The lowest BCUT2D eigenvalue weighted by Crippen LogP contribution is -2.23. The van der Waals surface area contributed by atoms with Crippen LogP contribution in [-0.4, -0.2) is 19.3 Å². The molecule has 0 atom stereocenters. The monoisotopic (exact) mass is 385 g/mol. The quantitative estimate of drug-likeness (QED) is 0.683. The molecular formula is C19H16FN3O3S. The number of aromatic nitrogens is 1. The van der Waals surface area contributed by atoms with Crippen LogP contribution in [0.5, 0.6) is 0 Å². The summed E-state index contributed by atoms with van der Waals surface area (Å²) in [6, 6.07) is 14.1. The van der Waals surface area contributed by atoms with Crippen molar-refractivity contribution in [2.75, 3.05) is 4.72 Å². The van der Waals surface area contributed by atoms with Gasteiger partial charge in [0.25, 0.3) is 15.9 Å². The fourth-order valence-corrected chi connectivity index (χ4v) is 3.36. The topological polar surface area (TPSA) is 88.2 Å². The van der Waals surface area contributed by atoms with E-state index in [0.717, 1.165) is 17.7 Å². The Bertz CT molecular complexity index is 1020. The number of carbonyl (C=O) groups excluding carboxylic acids is 1. The van der Waals surface area contributed by atoms with Gasteiger partial charge in [0.2, 0.25) is 0 Å². The van der Waals surface area contributed by atoms with Gasteiger partial charge < -0.3 is 5.32 Å². The molecule has 0 aliphatic carbocycles. The standard InChI is InChI=1S/C19H16FN3O3S/c20-16-5-7-17(8-6-16)23-27(25,26)18-9-3-15(4-10-18)19(24)22-13-14-2-1-11-21-12-14/h1-12,23H,13H2,(H,22,24). The third kappa shape index (κ3) is 4.89. The number of hydrogen-bond acceptors (Lipinski definition) is 4. The molecule has 2 aromatic carbocycles. The zero-order valence-electron chi connectivity index (χ0n) is 14.1. The third-order valence-corrected chi connectivity index (χ3v) is 5.10. The van der Waals surface area contributed by atoms with Crippen molar-refractivity contribution in [3.63, 3.8) is 0 Å². The maximum Gasteiger partial charge on any atom is 0.261 e. The smallest absolute Gasteiger partial charge is 0.261 e. The SMILES string of the molecule is O=C(NCc1cccnc1)c1ccc(S(=O)(=O)Nc2ccc(F)cc2)cc1. The van der Waals surface area contributed by atoms with Crippen molar-refractivity contribution >= 4 is 21.6 Å². The average molecular weight is 385 g/mol. The van der Waals surface area contributed by atoms with Crippen LogP contribution in [0.25, 0.3) is 0 Å². The molecule has 3 aromatic rings. The number of benzene rings is 2. The van der Waals surface area contributed by atoms with E-state index in [-0.39, 0.29) is 16.5 Å². The number of anilines is 1. The molecule has 0 saturated heterocycles. The molecule has 27 heavy (non-hydrogen) atoms. The molecule has 6 nitrogen and oxygen atoms in total. The molecule has 0 unspecified atom stereocenters. The van der Waals surface area contributed by atoms with Crippen molar-refractivity contribution in [2.24, 2.45) is 0 Å². The average Bonchev–Trinajstić information content (AvgIpc) is 2.69. The summed E-state index contributed by atoms with van der Waals surface area (Å²) in [5, 5.41) is 2.74. The lowest BCUT2D eigenvalue weighted by molar-refractivity contribution is 0.0951. The number of halogens is 1. The van der Waals surface area contributed by atoms with Crippen LogP contribution in [-0.2, 0) is 16.6 Å². The molecule has 1 aromatic heterocycles. The van der Waals surface area contributed by atoms with Crippen LogP contribution in [0.15, 0.2) is 78.0 Å². The summed E-state index contributed by atoms with van der Waals surface area (Å²) < 4.78 is 40.0. The van der Waals surface area contributed by atoms with E-state index in [1.54, 1.807) is 18.5 Å². The van der Waals surface area contributed by atoms with Gasteiger partial charge in [0.15, 0.2) is 0 Å². The Kier molecular flexibility index (Phi) is 5.46. The first kappa shape index (κ1) is 18.5. The minimum absolute atomic E-state index is 0.00404. The second-order valence-electron chi connectivity index (χ2n) is 5.68. The van der Waals surface area contributed by atoms with Crippen LogP contribution >= 0.6 is 0 Å². The van der Waals surface area contributed by atoms with Gasteiger partial charge in [-0.15, -0.1) is 0 Å². The van der Waals surface area contributed by atoms with E-state index in [4.69, 9.17) is 0 Å². The van der Waals surface area contributed by atoms with Crippen molar-refractivity contribution in [1.82, 2.24) is 10.3 Å². The van der Waals surface area contributed by atoms with Gasteiger partial charge in [0.05, 0.1) is 4.90 Å². The van der Waals surface area contributed by atoms with Crippen LogP contribution in [0.2, 0.25) is 0 Å². The Balaban J connectivity index is 1.66. The van der Waals surface area contributed by atoms with E-state index in [2.05, 4.69) is 15.0 Å². The van der Waals surface area contributed by atoms with Crippen LogP contribution in [0.4, 0.5) is 10.1 Å². The minimum atomic E-state index is -3.84. The van der Waals surface area contributed by atoms with Gasteiger partial charge in [-0.3, -0.25) is 14.5 Å². The summed E-state index contributed by atoms with van der Waals surface area (Å²) >= 11 is 0. The Morgan fingerprint density at radius 1 is 1.00 bits per heavy atom. The van der Waals surface area contributed by atoms with Crippen LogP contribution in [0.1, 0.15) is 15.9 Å². The summed E-state index contributed by atoms with van der Waals surface area (Å²) in [5.74, 6) is -0.783. The van der Waals surface area contributed by atoms with Gasteiger partial charge in [-0.1, -0.05) is 6.07 Å². The van der Waals surface area contributed by atoms with Crippen molar-refractivity contribution in [1.29, 1.82) is 0 Å². The van der Waals surface area contributed by atoms with E-state index < -0.39 is 15.8 Å². The number of nitrogens with one attached hydrogen (secondary N) is 2. The highest BCUT2D eigenvalue weighted by molar-refractivity contribution is 7.92. The molecule has 0 spiro atoms. The fourth-order valence-electron chi connectivity index (χ4n) is 2.30. The van der Waals surface area contributed by atoms with E-state index in [1.807, 2.05) is 6.07 Å². The van der Waals surface area contributed by atoms with Crippen LogP contribution < -0.4 is 10.0 Å². The molecule has 3 rings (SSSR count). The second-order valence-corrected chi connectivity index (χ2v) is 7.36. The number of rotatable bonds is 6. The number of amides is 1. The number of carbonyl (C=O) groups is 1. The third-order valence-electron chi connectivity index (χ3n) is 3.70. The van der Waals surface area contributed by atoms with Gasteiger partial charge in [-0.2, -0.15) is 0 Å². The number of nitrogens with zero attached hydrogens (tertiary/aromatic N) is 1. The van der Waals surface area contributed by atoms with Gasteiger partial charge >= 0.3 is 0 Å². The van der Waals surface area contributed by atoms with Gasteiger partial charge in [0.1, 0.15) is 5.82 Å². The zero-order valence-corrected chi connectivity index (χ0v) is 14.9. The first-order valence-corrected chi connectivity index (χ1v) is 9.48. The molecule has 0 radical (unpaired) electrons. The first-order valence-electron chi connectivity index (χ1n) is 7.99. The molecule has 2 N–H and O–H groups in total. The van der Waals surface area contributed by atoms with Crippen molar-refractivity contribution in [3.05, 3.63) is 90.0 Å². The van der Waals surface area contributed by atoms with Gasteiger partial charge in [-0.05, 0) is 60.2 Å². The van der Waals surface area contributed by atoms with E-state index in [0.29, 0.717) is 12.1 Å². The summed E-state index contributed by atoms with van der Waals surface area (Å²) in [6.45, 7) is 0.318. The maximum atomic E-state index is 12.9. The van der Waals surface area contributed by atoms with Crippen molar-refractivity contribution < 1.29 is 17.6 Å². The maximum absolute atomic E-state index is 12.9. The molecule has 0 aliphatic heterocycles. The predicted octanol–water partition coefficient (Wildman–Crippen LogP) is 2.95. The predicted molar refractivity (Wildman–Crippen MR) is 99.1 cm³/mol. The van der Waals surface area contributed by atoms with E-state index in [9.17, 15) is 17.6 Å². The summed E-state index contributed by atoms with van der Waals surface area (Å²) in [5.41, 5.74) is 1.43. The number of hydrogen-bond donors (Lipinski definition) is 2. The number of pyridine rings is 1. The molecule has 138 valence electrons. The summed E-state index contributed by atoms with van der Waals surface area (Å²) in [4.78, 5) is 16.1. The summed E-state index contributed by atoms with van der Waals surface area (Å²) in [7, 11) is -3.84. The van der Waals surface area contributed by atoms with Crippen molar-refractivity contribution in [2.45, 2.75) is 11.4 Å². The normalized spacial score (nSPS) is 11.0. The molecule has 0 aliphatic rings. The van der Waals surface area contributed by atoms with Crippen molar-refractivity contribution in [3.8, 4) is 0 Å². The molecule has 1 heterocycles. The molecule has 1 amide bonds. The summed E-state index contributed by atoms with van der Waals surface area (Å²) in [6.07, 6.45) is 3.29. The minimum Gasteiger partial charge on any atom is -0.348 e. The Labute approximate surface area is 156 Å². The number of sulfonamides is 1. The lowest BCUT2D eigenvalue weighted by Gasteiger charge is -2.09.